The summed E-state index contributed by atoms with van der Waals surface area (Å²) in [5.74, 6) is 1.92. The van der Waals surface area contributed by atoms with E-state index >= 15 is 0 Å². The molecule has 0 radical (unpaired) electrons. The maximum Gasteiger partial charge on any atom is 0.194 e. The molecule has 7 heteroatoms. The summed E-state index contributed by atoms with van der Waals surface area (Å²) in [6.45, 7) is 7.60. The zero-order chi connectivity index (χ0) is 18.9. The first kappa shape index (κ1) is 22.4. The molecule has 6 nitrogen and oxygen atoms in total. The molecule has 0 atom stereocenters. The zero-order valence-corrected chi connectivity index (χ0v) is 19.0. The number of nitrogens with one attached hydrogen (secondary N) is 1. The molecule has 0 spiro atoms. The third-order valence-electron chi connectivity index (χ3n) is 4.54. The van der Waals surface area contributed by atoms with E-state index in [4.69, 9.17) is 9.73 Å². The highest BCUT2D eigenvalue weighted by molar-refractivity contribution is 14.0. The van der Waals surface area contributed by atoms with Crippen LogP contribution in [-0.4, -0.2) is 55.7 Å². The van der Waals surface area contributed by atoms with Gasteiger partial charge in [0.1, 0.15) is 5.82 Å². The molecule has 0 bridgehead atoms. The lowest BCUT2D eigenvalue weighted by Crippen LogP contribution is -2.39. The Bertz CT molecular complexity index is 735. The van der Waals surface area contributed by atoms with E-state index in [1.54, 1.807) is 0 Å². The quantitative estimate of drug-likeness (QED) is 0.379. The summed E-state index contributed by atoms with van der Waals surface area (Å²) in [6.07, 6.45) is 1.85. The number of aromatic nitrogens is 1. The molecule has 2 aromatic rings. The standard InChI is InChI=1S/C21H29N5O.HI/c1-3-22-21(25(2)17-18-8-5-4-6-9-18)24-16-19-10-7-11-23-20(19)26-12-14-27-15-13-26;/h4-11H,3,12-17H2,1-2H3,(H,22,24);1H. The molecular formula is C21H30IN5O. The molecule has 1 aromatic carbocycles. The van der Waals surface area contributed by atoms with Crippen molar-refractivity contribution in [3.05, 3.63) is 59.8 Å². The average molecular weight is 495 g/mol. The minimum atomic E-state index is 0. The smallest absolute Gasteiger partial charge is 0.194 e. The van der Waals surface area contributed by atoms with Crippen LogP contribution in [0.2, 0.25) is 0 Å². The number of pyridine rings is 1. The highest BCUT2D eigenvalue weighted by Gasteiger charge is 2.16. The van der Waals surface area contributed by atoms with Gasteiger partial charge in [-0.05, 0) is 18.6 Å². The highest BCUT2D eigenvalue weighted by atomic mass is 127. The number of aliphatic imine (C=N–C) groups is 1. The number of nitrogens with zero attached hydrogens (tertiary/aromatic N) is 4. The van der Waals surface area contributed by atoms with Crippen molar-refractivity contribution in [3.8, 4) is 0 Å². The van der Waals surface area contributed by atoms with Crippen molar-refractivity contribution in [3.63, 3.8) is 0 Å². The Morgan fingerprint density at radius 2 is 1.93 bits per heavy atom. The SMILES string of the molecule is CCNC(=NCc1cccnc1N1CCOCC1)N(C)Cc1ccccc1.I. The predicted molar refractivity (Wildman–Crippen MR) is 125 cm³/mol. The van der Waals surface area contributed by atoms with Gasteiger partial charge in [0.2, 0.25) is 0 Å². The topological polar surface area (TPSA) is 53.0 Å². The van der Waals surface area contributed by atoms with Crippen molar-refractivity contribution in [2.45, 2.75) is 20.0 Å². The number of halogens is 1. The Labute approximate surface area is 185 Å². The molecule has 152 valence electrons. The minimum absolute atomic E-state index is 0. The summed E-state index contributed by atoms with van der Waals surface area (Å²) in [5.41, 5.74) is 2.41. The van der Waals surface area contributed by atoms with Gasteiger partial charge in [-0.3, -0.25) is 0 Å². The van der Waals surface area contributed by atoms with Crippen LogP contribution in [0, 0.1) is 0 Å². The molecule has 3 rings (SSSR count). The number of benzene rings is 1. The van der Waals surface area contributed by atoms with E-state index < -0.39 is 0 Å². The largest absolute Gasteiger partial charge is 0.378 e. The van der Waals surface area contributed by atoms with Crippen molar-refractivity contribution >= 4 is 35.8 Å². The van der Waals surface area contributed by atoms with E-state index in [1.807, 2.05) is 18.3 Å². The lowest BCUT2D eigenvalue weighted by atomic mass is 10.2. The fraction of sp³-hybridized carbons (Fsp3) is 0.429. The molecule has 1 aromatic heterocycles. The lowest BCUT2D eigenvalue weighted by molar-refractivity contribution is 0.122. The van der Waals surface area contributed by atoms with Crippen LogP contribution < -0.4 is 10.2 Å². The van der Waals surface area contributed by atoms with Crippen LogP contribution in [-0.2, 0) is 17.8 Å². The van der Waals surface area contributed by atoms with Gasteiger partial charge in [0.25, 0.3) is 0 Å². The first-order valence-electron chi connectivity index (χ1n) is 9.58. The Balaban J connectivity index is 0.00000280. The van der Waals surface area contributed by atoms with Crippen LogP contribution in [0.25, 0.3) is 0 Å². The van der Waals surface area contributed by atoms with Crippen molar-refractivity contribution in [1.82, 2.24) is 15.2 Å². The maximum absolute atomic E-state index is 5.47. The first-order valence-corrected chi connectivity index (χ1v) is 9.58. The van der Waals surface area contributed by atoms with Gasteiger partial charge >= 0.3 is 0 Å². The van der Waals surface area contributed by atoms with Gasteiger partial charge in [-0.15, -0.1) is 24.0 Å². The number of morpholine rings is 1. The zero-order valence-electron chi connectivity index (χ0n) is 16.7. The molecule has 0 aliphatic carbocycles. The van der Waals surface area contributed by atoms with E-state index in [1.165, 1.54) is 5.56 Å². The molecular weight excluding hydrogens is 465 g/mol. The number of hydrogen-bond acceptors (Lipinski definition) is 4. The van der Waals surface area contributed by atoms with Gasteiger partial charge in [0, 0.05) is 45.0 Å². The van der Waals surface area contributed by atoms with Crippen molar-refractivity contribution < 1.29 is 4.74 Å². The summed E-state index contributed by atoms with van der Waals surface area (Å²) < 4.78 is 5.47. The molecule has 0 saturated carbocycles. The second kappa shape index (κ2) is 11.9. The third kappa shape index (κ3) is 6.34. The Morgan fingerprint density at radius 1 is 1.18 bits per heavy atom. The third-order valence-corrected chi connectivity index (χ3v) is 4.54. The summed E-state index contributed by atoms with van der Waals surface area (Å²) >= 11 is 0. The predicted octanol–water partition coefficient (Wildman–Crippen LogP) is 3.13. The molecule has 28 heavy (non-hydrogen) atoms. The normalized spacial score (nSPS) is 14.4. The highest BCUT2D eigenvalue weighted by Crippen LogP contribution is 2.19. The fourth-order valence-electron chi connectivity index (χ4n) is 3.18. The summed E-state index contributed by atoms with van der Waals surface area (Å²) in [4.78, 5) is 13.9. The lowest BCUT2D eigenvalue weighted by Gasteiger charge is -2.29. The van der Waals surface area contributed by atoms with Crippen molar-refractivity contribution in [2.75, 3.05) is 44.8 Å². The first-order chi connectivity index (χ1) is 13.3. The Hall–Kier alpha value is -1.87. The average Bonchev–Trinajstić information content (AvgIpc) is 2.72. The van der Waals surface area contributed by atoms with E-state index in [0.29, 0.717) is 6.54 Å². The number of rotatable bonds is 6. The van der Waals surface area contributed by atoms with E-state index in [0.717, 1.165) is 56.7 Å². The maximum atomic E-state index is 5.47. The van der Waals surface area contributed by atoms with Crippen LogP contribution in [0.5, 0.6) is 0 Å². The number of anilines is 1. The second-order valence-electron chi connectivity index (χ2n) is 6.60. The van der Waals surface area contributed by atoms with E-state index in [-0.39, 0.29) is 24.0 Å². The van der Waals surface area contributed by atoms with Crippen LogP contribution in [0.4, 0.5) is 5.82 Å². The van der Waals surface area contributed by atoms with Crippen LogP contribution in [0.3, 0.4) is 0 Å². The van der Waals surface area contributed by atoms with Gasteiger partial charge in [0.05, 0.1) is 19.8 Å². The van der Waals surface area contributed by atoms with E-state index in [9.17, 15) is 0 Å². The molecule has 1 fully saturated rings. The van der Waals surface area contributed by atoms with Gasteiger partial charge in [0.15, 0.2) is 5.96 Å². The molecule has 2 heterocycles. The summed E-state index contributed by atoms with van der Waals surface area (Å²) in [6, 6.07) is 14.5. The van der Waals surface area contributed by atoms with E-state index in [2.05, 4.69) is 64.4 Å². The minimum Gasteiger partial charge on any atom is -0.378 e. The van der Waals surface area contributed by atoms with Crippen LogP contribution in [0.15, 0.2) is 53.7 Å². The van der Waals surface area contributed by atoms with Crippen molar-refractivity contribution in [1.29, 1.82) is 0 Å². The monoisotopic (exact) mass is 495 g/mol. The number of guanidine groups is 1. The van der Waals surface area contributed by atoms with Crippen LogP contribution in [0.1, 0.15) is 18.1 Å². The van der Waals surface area contributed by atoms with Gasteiger partial charge in [-0.1, -0.05) is 36.4 Å². The molecule has 1 aliphatic rings. The molecule has 1 aliphatic heterocycles. The van der Waals surface area contributed by atoms with Crippen LogP contribution >= 0.6 is 24.0 Å². The summed E-state index contributed by atoms with van der Waals surface area (Å²) in [5, 5.41) is 3.39. The summed E-state index contributed by atoms with van der Waals surface area (Å²) in [7, 11) is 2.07. The number of ether oxygens (including phenoxy) is 1. The Morgan fingerprint density at radius 3 is 2.64 bits per heavy atom. The Kier molecular flexibility index (Phi) is 9.49. The number of hydrogen-bond donors (Lipinski definition) is 1. The second-order valence-corrected chi connectivity index (χ2v) is 6.60. The van der Waals surface area contributed by atoms with Gasteiger partial charge in [-0.25, -0.2) is 9.98 Å². The molecule has 0 amide bonds. The van der Waals surface area contributed by atoms with Crippen molar-refractivity contribution in [2.24, 2.45) is 4.99 Å². The van der Waals surface area contributed by atoms with Gasteiger partial charge in [-0.2, -0.15) is 0 Å². The molecule has 1 N–H and O–H groups in total. The molecule has 1 saturated heterocycles. The fourth-order valence-corrected chi connectivity index (χ4v) is 3.18. The molecule has 0 unspecified atom stereocenters. The van der Waals surface area contributed by atoms with Gasteiger partial charge < -0.3 is 19.9 Å².